The van der Waals surface area contributed by atoms with Gasteiger partial charge in [-0.1, -0.05) is 198 Å². The molecule has 0 saturated carbocycles. The zero-order chi connectivity index (χ0) is 46.4. The van der Waals surface area contributed by atoms with E-state index in [4.69, 9.17) is 9.47 Å². The van der Waals surface area contributed by atoms with Gasteiger partial charge in [-0.05, 0) is 44.9 Å². The van der Waals surface area contributed by atoms with Gasteiger partial charge in [0.2, 0.25) is 5.91 Å². The zero-order valence-corrected chi connectivity index (χ0v) is 40.1. The molecule has 1 heterocycles. The van der Waals surface area contributed by atoms with Gasteiger partial charge in [0.05, 0.1) is 25.4 Å². The normalized spacial score (nSPS) is 21.2. The molecule has 7 N–H and O–H groups in total. The number of hydrogen-bond acceptors (Lipinski definition) is 11. The summed E-state index contributed by atoms with van der Waals surface area (Å²) in [6.07, 6.45) is 35.0. The highest BCUT2D eigenvalue weighted by Crippen LogP contribution is 2.26. The third-order valence-corrected chi connectivity index (χ3v) is 12.3. The Labute approximate surface area is 382 Å². The minimum Gasteiger partial charge on any atom is -0.394 e. The summed E-state index contributed by atoms with van der Waals surface area (Å²) in [4.78, 5) is 13.1. The first-order valence-electron chi connectivity index (χ1n) is 25.0. The fourth-order valence-corrected chi connectivity index (χ4v) is 8.31. The van der Waals surface area contributed by atoms with Crippen molar-refractivity contribution in [1.82, 2.24) is 5.32 Å². The lowest BCUT2D eigenvalue weighted by Gasteiger charge is -2.41. The molecule has 1 aliphatic heterocycles. The van der Waals surface area contributed by atoms with Gasteiger partial charge >= 0.3 is 10.4 Å². The third kappa shape index (κ3) is 31.8. The van der Waals surface area contributed by atoms with Gasteiger partial charge < -0.3 is 40.3 Å². The summed E-state index contributed by atoms with van der Waals surface area (Å²) < 4.78 is 47.6. The number of hydrogen-bond donors (Lipinski definition) is 7. The van der Waals surface area contributed by atoms with E-state index in [1.807, 2.05) is 6.08 Å². The lowest BCUT2D eigenvalue weighted by atomic mass is 9.99. The van der Waals surface area contributed by atoms with Crippen LogP contribution < -0.4 is 5.32 Å². The molecule has 8 unspecified atom stereocenters. The number of rotatable bonds is 42. The fourth-order valence-electron chi connectivity index (χ4n) is 7.80. The number of unbranched alkanes of at least 4 members (excludes halogenated alkanes) is 26. The average molecular weight is 918 g/mol. The van der Waals surface area contributed by atoms with E-state index in [1.165, 1.54) is 122 Å². The van der Waals surface area contributed by atoms with E-state index in [0.717, 1.165) is 57.8 Å². The fraction of sp³-hybridized carbons (Fsp3) is 0.857. The summed E-state index contributed by atoms with van der Waals surface area (Å²) in [7, 11) is -5.12. The summed E-state index contributed by atoms with van der Waals surface area (Å²) >= 11 is 0. The molecule has 1 rings (SSSR count). The molecular weight excluding hydrogens is 827 g/mol. The van der Waals surface area contributed by atoms with Crippen molar-refractivity contribution in [3.63, 3.8) is 0 Å². The lowest BCUT2D eigenvalue weighted by molar-refractivity contribution is -0.298. The molecule has 1 aliphatic rings. The van der Waals surface area contributed by atoms with Gasteiger partial charge in [-0.2, -0.15) is 8.42 Å². The molecule has 0 radical (unpaired) electrons. The monoisotopic (exact) mass is 918 g/mol. The number of nitrogens with one attached hydrogen (secondary N) is 1. The van der Waals surface area contributed by atoms with Crippen LogP contribution in [-0.4, -0.2) is 107 Å². The SMILES string of the molecule is CCCCC/C=C\C=C/CCCCCCCC(O)C(=O)NC(COC1OC(CO)C(O)C(OS(=O)(=O)O)C1O)C(O)/C=C/CCCCCCCCCCCCCCCCCCCC. The first-order valence-corrected chi connectivity index (χ1v) is 26.4. The van der Waals surface area contributed by atoms with Gasteiger partial charge in [0, 0.05) is 0 Å². The Morgan fingerprint density at radius 2 is 1.08 bits per heavy atom. The van der Waals surface area contributed by atoms with Crippen molar-refractivity contribution in [2.75, 3.05) is 13.2 Å². The highest BCUT2D eigenvalue weighted by Gasteiger charge is 2.48. The number of aliphatic hydroxyl groups is 5. The maximum absolute atomic E-state index is 13.1. The molecule has 63 heavy (non-hydrogen) atoms. The van der Waals surface area contributed by atoms with Crippen LogP contribution >= 0.6 is 0 Å². The van der Waals surface area contributed by atoms with E-state index in [2.05, 4.69) is 47.7 Å². The van der Waals surface area contributed by atoms with Crippen LogP contribution in [0.3, 0.4) is 0 Å². The van der Waals surface area contributed by atoms with E-state index < -0.39 is 78.5 Å². The molecule has 1 saturated heterocycles. The Morgan fingerprint density at radius 3 is 1.56 bits per heavy atom. The molecule has 1 amide bonds. The molecule has 0 aliphatic carbocycles. The van der Waals surface area contributed by atoms with E-state index in [1.54, 1.807) is 0 Å². The number of carbonyl (C=O) groups is 1. The van der Waals surface area contributed by atoms with E-state index in [9.17, 15) is 43.3 Å². The van der Waals surface area contributed by atoms with Crippen LogP contribution in [0.2, 0.25) is 0 Å². The molecule has 0 aromatic rings. The van der Waals surface area contributed by atoms with E-state index >= 15 is 0 Å². The molecule has 370 valence electrons. The number of amides is 1. The second kappa shape index (κ2) is 39.4. The molecule has 0 aromatic heterocycles. The second-order valence-corrected chi connectivity index (χ2v) is 18.6. The number of aliphatic hydroxyl groups excluding tert-OH is 5. The largest absolute Gasteiger partial charge is 0.397 e. The van der Waals surface area contributed by atoms with Crippen LogP contribution in [0.1, 0.15) is 206 Å². The Balaban J connectivity index is 2.55. The smallest absolute Gasteiger partial charge is 0.394 e. The van der Waals surface area contributed by atoms with Crippen LogP contribution in [-0.2, 0) is 28.9 Å². The first-order chi connectivity index (χ1) is 30.4. The van der Waals surface area contributed by atoms with Gasteiger partial charge in [-0.25, -0.2) is 4.18 Å². The molecule has 13 nitrogen and oxygen atoms in total. The summed E-state index contributed by atoms with van der Waals surface area (Å²) in [5.74, 6) is -0.714. The maximum Gasteiger partial charge on any atom is 0.397 e. The van der Waals surface area contributed by atoms with Gasteiger partial charge in [-0.15, -0.1) is 0 Å². The molecule has 14 heteroatoms. The summed E-state index contributed by atoms with van der Waals surface area (Å²) in [6.45, 7) is 3.19. The topological polar surface area (TPSA) is 212 Å². The quantitative estimate of drug-likeness (QED) is 0.0132. The number of carbonyl (C=O) groups excluding carboxylic acids is 1. The third-order valence-electron chi connectivity index (χ3n) is 11.8. The highest BCUT2D eigenvalue weighted by atomic mass is 32.3. The Hall–Kier alpha value is -1.72. The van der Waals surface area contributed by atoms with Gasteiger partial charge in [0.25, 0.3) is 0 Å². The molecular formula is C49H91NO12S. The van der Waals surface area contributed by atoms with Crippen LogP contribution in [0, 0.1) is 0 Å². The van der Waals surface area contributed by atoms with Gasteiger partial charge in [-0.3, -0.25) is 9.35 Å². The minimum absolute atomic E-state index is 0.225. The molecule has 0 bridgehead atoms. The molecule has 1 fully saturated rings. The molecule has 0 aromatic carbocycles. The lowest BCUT2D eigenvalue weighted by Crippen LogP contribution is -2.61. The van der Waals surface area contributed by atoms with Gasteiger partial charge in [0.1, 0.15) is 30.5 Å². The standard InChI is InChI=1S/C49H91NO12S/c1-3-5-7-9-11-13-15-17-19-20-21-22-23-24-26-27-29-31-33-35-37-42(52)41(40-60-49-46(55)47(62-63(57,58)59)45(54)44(39-51)61-49)50-48(56)43(53)38-36-34-32-30-28-25-18-16-14-12-10-8-6-4-2/h12,14,16,18,35,37,41-47,49,51-55H,3-11,13,15,17,19-34,36,38-40H2,1-2H3,(H,50,56)(H,57,58,59)/b14-12-,18-16-,37-35+. The van der Waals surface area contributed by atoms with Crippen molar-refractivity contribution in [2.24, 2.45) is 0 Å². The second-order valence-electron chi connectivity index (χ2n) is 17.6. The van der Waals surface area contributed by atoms with Crippen molar-refractivity contribution in [3.8, 4) is 0 Å². The zero-order valence-electron chi connectivity index (χ0n) is 39.3. The van der Waals surface area contributed by atoms with E-state index in [0.29, 0.717) is 12.8 Å². The summed E-state index contributed by atoms with van der Waals surface area (Å²) in [5, 5.41) is 55.3. The number of allylic oxidation sites excluding steroid dienone is 5. The minimum atomic E-state index is -5.12. The van der Waals surface area contributed by atoms with Crippen molar-refractivity contribution < 1.29 is 57.0 Å². The Kier molecular flexibility index (Phi) is 37.1. The summed E-state index contributed by atoms with van der Waals surface area (Å²) in [5.41, 5.74) is 0. The highest BCUT2D eigenvalue weighted by molar-refractivity contribution is 7.80. The maximum atomic E-state index is 13.1. The average Bonchev–Trinajstić information content (AvgIpc) is 3.25. The van der Waals surface area contributed by atoms with Crippen molar-refractivity contribution in [2.45, 2.75) is 255 Å². The predicted octanol–water partition coefficient (Wildman–Crippen LogP) is 9.25. The van der Waals surface area contributed by atoms with Crippen LogP contribution in [0.4, 0.5) is 0 Å². The van der Waals surface area contributed by atoms with Crippen LogP contribution in [0.25, 0.3) is 0 Å². The van der Waals surface area contributed by atoms with Crippen molar-refractivity contribution >= 4 is 16.3 Å². The first kappa shape index (κ1) is 59.3. The Morgan fingerprint density at radius 1 is 0.651 bits per heavy atom. The number of ether oxygens (including phenoxy) is 2. The van der Waals surface area contributed by atoms with Gasteiger partial charge in [0.15, 0.2) is 6.29 Å². The Bertz CT molecular complexity index is 1280. The van der Waals surface area contributed by atoms with Crippen LogP contribution in [0.15, 0.2) is 36.5 Å². The molecule has 0 spiro atoms. The summed E-state index contributed by atoms with van der Waals surface area (Å²) in [6, 6.07) is -1.13. The van der Waals surface area contributed by atoms with Crippen molar-refractivity contribution in [3.05, 3.63) is 36.5 Å². The predicted molar refractivity (Wildman–Crippen MR) is 251 cm³/mol. The van der Waals surface area contributed by atoms with Crippen LogP contribution in [0.5, 0.6) is 0 Å². The van der Waals surface area contributed by atoms with Crippen molar-refractivity contribution in [1.29, 1.82) is 0 Å². The van der Waals surface area contributed by atoms with E-state index in [-0.39, 0.29) is 6.42 Å². The molecule has 8 atom stereocenters.